The maximum atomic E-state index is 10.2. The molecule has 0 fully saturated rings. The van der Waals surface area contributed by atoms with Gasteiger partial charge < -0.3 is 9.84 Å². The summed E-state index contributed by atoms with van der Waals surface area (Å²) < 4.78 is 5.21. The zero-order valence-electron chi connectivity index (χ0n) is 13.7. The summed E-state index contributed by atoms with van der Waals surface area (Å²) in [6.45, 7) is 6.09. The highest BCUT2D eigenvalue weighted by Gasteiger charge is 2.27. The molecule has 0 aromatic carbocycles. The van der Waals surface area contributed by atoms with E-state index in [1.165, 1.54) is 57.8 Å². The summed E-state index contributed by atoms with van der Waals surface area (Å²) in [5.41, 5.74) is -0.672. The predicted octanol–water partition coefficient (Wildman–Crippen LogP) is 5.08. The van der Waals surface area contributed by atoms with Crippen molar-refractivity contribution < 1.29 is 9.84 Å². The molecule has 0 aliphatic rings. The monoisotopic (exact) mass is 272 g/mol. The van der Waals surface area contributed by atoms with Crippen LogP contribution in [0.3, 0.4) is 0 Å². The van der Waals surface area contributed by atoms with E-state index in [4.69, 9.17) is 4.74 Å². The second kappa shape index (κ2) is 11.7. The first kappa shape index (κ1) is 18.9. The van der Waals surface area contributed by atoms with Gasteiger partial charge in [0, 0.05) is 7.11 Å². The summed E-state index contributed by atoms with van der Waals surface area (Å²) in [5.74, 6) is 0. The van der Waals surface area contributed by atoms with Gasteiger partial charge in [-0.15, -0.1) is 0 Å². The molecular weight excluding hydrogens is 236 g/mol. The van der Waals surface area contributed by atoms with E-state index in [1.54, 1.807) is 7.11 Å². The van der Waals surface area contributed by atoms with Crippen molar-refractivity contribution in [2.24, 2.45) is 0 Å². The third-order valence-corrected chi connectivity index (χ3v) is 4.27. The zero-order valence-corrected chi connectivity index (χ0v) is 13.7. The number of unbranched alkanes of at least 4 members (excludes halogenated alkanes) is 9. The topological polar surface area (TPSA) is 29.5 Å². The fraction of sp³-hybridized carbons (Fsp3) is 1.00. The minimum atomic E-state index is -0.672. The number of aliphatic hydroxyl groups is 1. The van der Waals surface area contributed by atoms with E-state index < -0.39 is 5.60 Å². The molecule has 0 aliphatic heterocycles. The van der Waals surface area contributed by atoms with Gasteiger partial charge in [-0.2, -0.15) is 0 Å². The molecule has 1 N–H and O–H groups in total. The lowest BCUT2D eigenvalue weighted by molar-refractivity contribution is -0.0780. The summed E-state index contributed by atoms with van der Waals surface area (Å²) in [5, 5.41) is 10.2. The van der Waals surface area contributed by atoms with Crippen molar-refractivity contribution in [2.75, 3.05) is 7.11 Å². The Morgan fingerprint density at radius 3 is 1.74 bits per heavy atom. The molecule has 0 amide bonds. The molecule has 0 rings (SSSR count). The van der Waals surface area contributed by atoms with E-state index in [1.807, 2.05) is 13.8 Å². The maximum absolute atomic E-state index is 10.2. The van der Waals surface area contributed by atoms with Crippen LogP contribution in [-0.4, -0.2) is 23.9 Å². The minimum Gasteiger partial charge on any atom is -0.387 e. The molecule has 0 radical (unpaired) electrons. The van der Waals surface area contributed by atoms with Crippen LogP contribution in [0.1, 0.15) is 91.4 Å². The summed E-state index contributed by atoms with van der Waals surface area (Å²) in [4.78, 5) is 0. The summed E-state index contributed by atoms with van der Waals surface area (Å²) in [7, 11) is 1.66. The largest absolute Gasteiger partial charge is 0.387 e. The Balaban J connectivity index is 3.31. The molecule has 0 aromatic rings. The van der Waals surface area contributed by atoms with Crippen molar-refractivity contribution in [2.45, 2.75) is 103 Å². The molecule has 0 aromatic heterocycles. The normalized spacial score (nSPS) is 16.3. The van der Waals surface area contributed by atoms with Gasteiger partial charge in [0.2, 0.25) is 0 Å². The Morgan fingerprint density at radius 1 is 0.895 bits per heavy atom. The van der Waals surface area contributed by atoms with Crippen molar-refractivity contribution in [3.8, 4) is 0 Å². The molecule has 2 heteroatoms. The third-order valence-electron chi connectivity index (χ3n) is 4.27. The Bertz CT molecular complexity index is 190. The van der Waals surface area contributed by atoms with Crippen LogP contribution in [0.2, 0.25) is 0 Å². The number of hydrogen-bond donors (Lipinski definition) is 1. The van der Waals surface area contributed by atoms with Gasteiger partial charge in [0.1, 0.15) is 0 Å². The molecule has 2 unspecified atom stereocenters. The molecule has 0 saturated heterocycles. The second-order valence-electron chi connectivity index (χ2n) is 6.17. The van der Waals surface area contributed by atoms with E-state index in [0.29, 0.717) is 0 Å². The molecule has 2 atom stereocenters. The highest BCUT2D eigenvalue weighted by molar-refractivity contribution is 4.79. The van der Waals surface area contributed by atoms with Gasteiger partial charge in [-0.3, -0.25) is 0 Å². The Kier molecular flexibility index (Phi) is 11.7. The summed E-state index contributed by atoms with van der Waals surface area (Å²) in [6.07, 6.45) is 14.1. The predicted molar refractivity (Wildman–Crippen MR) is 83.6 cm³/mol. The van der Waals surface area contributed by atoms with E-state index in [9.17, 15) is 5.11 Å². The standard InChI is InChI=1S/C17H36O2/c1-5-6-7-8-9-10-11-12-13-14-15-17(3,18)16(2)19-4/h16,18H,5-15H2,1-4H3. The molecule has 116 valence electrons. The van der Waals surface area contributed by atoms with Crippen LogP contribution in [-0.2, 0) is 4.74 Å². The Labute approximate surface area is 120 Å². The van der Waals surface area contributed by atoms with Crippen LogP contribution in [0.5, 0.6) is 0 Å². The summed E-state index contributed by atoms with van der Waals surface area (Å²) >= 11 is 0. The first-order valence-corrected chi connectivity index (χ1v) is 8.29. The SMILES string of the molecule is CCCCCCCCCCCCC(C)(O)C(C)OC. The lowest BCUT2D eigenvalue weighted by Crippen LogP contribution is -2.38. The van der Waals surface area contributed by atoms with Crippen LogP contribution in [0.25, 0.3) is 0 Å². The van der Waals surface area contributed by atoms with Gasteiger partial charge >= 0.3 is 0 Å². The lowest BCUT2D eigenvalue weighted by Gasteiger charge is -2.29. The van der Waals surface area contributed by atoms with Crippen LogP contribution in [0.4, 0.5) is 0 Å². The second-order valence-corrected chi connectivity index (χ2v) is 6.17. The van der Waals surface area contributed by atoms with Crippen molar-refractivity contribution in [3.05, 3.63) is 0 Å². The van der Waals surface area contributed by atoms with E-state index in [0.717, 1.165) is 12.8 Å². The number of hydrogen-bond acceptors (Lipinski definition) is 2. The van der Waals surface area contributed by atoms with Crippen LogP contribution < -0.4 is 0 Å². The Hall–Kier alpha value is -0.0800. The highest BCUT2D eigenvalue weighted by Crippen LogP contribution is 2.21. The van der Waals surface area contributed by atoms with Crippen molar-refractivity contribution in [3.63, 3.8) is 0 Å². The minimum absolute atomic E-state index is 0.0777. The van der Waals surface area contributed by atoms with E-state index >= 15 is 0 Å². The van der Waals surface area contributed by atoms with Crippen molar-refractivity contribution >= 4 is 0 Å². The lowest BCUT2D eigenvalue weighted by atomic mass is 9.92. The smallest absolute Gasteiger partial charge is 0.0877 e. The highest BCUT2D eigenvalue weighted by atomic mass is 16.5. The van der Waals surface area contributed by atoms with Gasteiger partial charge in [0.05, 0.1) is 11.7 Å². The molecular formula is C17H36O2. The molecule has 19 heavy (non-hydrogen) atoms. The van der Waals surface area contributed by atoms with Gasteiger partial charge in [-0.05, 0) is 20.3 Å². The third kappa shape index (κ3) is 10.4. The van der Waals surface area contributed by atoms with E-state index in [2.05, 4.69) is 6.92 Å². The van der Waals surface area contributed by atoms with Gasteiger partial charge in [0.15, 0.2) is 0 Å². The van der Waals surface area contributed by atoms with Crippen LogP contribution >= 0.6 is 0 Å². The first-order chi connectivity index (χ1) is 9.04. The fourth-order valence-corrected chi connectivity index (χ4v) is 2.43. The van der Waals surface area contributed by atoms with Gasteiger partial charge in [-0.1, -0.05) is 71.1 Å². The van der Waals surface area contributed by atoms with Crippen LogP contribution in [0.15, 0.2) is 0 Å². The van der Waals surface area contributed by atoms with Crippen LogP contribution in [0, 0.1) is 0 Å². The quantitative estimate of drug-likeness (QED) is 0.474. The maximum Gasteiger partial charge on any atom is 0.0877 e. The van der Waals surface area contributed by atoms with Gasteiger partial charge in [-0.25, -0.2) is 0 Å². The Morgan fingerprint density at radius 2 is 1.32 bits per heavy atom. The summed E-state index contributed by atoms with van der Waals surface area (Å²) in [6, 6.07) is 0. The number of ether oxygens (including phenoxy) is 1. The van der Waals surface area contributed by atoms with Crippen molar-refractivity contribution in [1.82, 2.24) is 0 Å². The van der Waals surface area contributed by atoms with Crippen molar-refractivity contribution in [1.29, 1.82) is 0 Å². The first-order valence-electron chi connectivity index (χ1n) is 8.29. The average Bonchev–Trinajstić information content (AvgIpc) is 2.39. The molecule has 0 spiro atoms. The molecule has 0 saturated carbocycles. The van der Waals surface area contributed by atoms with E-state index in [-0.39, 0.29) is 6.10 Å². The molecule has 2 nitrogen and oxygen atoms in total. The average molecular weight is 272 g/mol. The number of rotatable bonds is 13. The van der Waals surface area contributed by atoms with Gasteiger partial charge in [0.25, 0.3) is 0 Å². The molecule has 0 heterocycles. The zero-order chi connectivity index (χ0) is 14.6. The fourth-order valence-electron chi connectivity index (χ4n) is 2.43. The molecule has 0 aliphatic carbocycles. The molecule has 0 bridgehead atoms. The number of methoxy groups -OCH3 is 1.